The Morgan fingerprint density at radius 1 is 1.33 bits per heavy atom. The van der Waals surface area contributed by atoms with Crippen molar-refractivity contribution in [3.05, 3.63) is 51.6 Å². The number of hydrogen-bond acceptors (Lipinski definition) is 5. The van der Waals surface area contributed by atoms with Crippen LogP contribution >= 0.6 is 27.5 Å². The van der Waals surface area contributed by atoms with Gasteiger partial charge in [-0.15, -0.1) is 0 Å². The molecule has 0 unspecified atom stereocenters. The van der Waals surface area contributed by atoms with Crippen LogP contribution in [-0.2, 0) is 21.4 Å². The Morgan fingerprint density at radius 3 is 2.79 bits per heavy atom. The van der Waals surface area contributed by atoms with Gasteiger partial charge in [-0.3, -0.25) is 4.72 Å². The number of ether oxygens (including phenoxy) is 1. The zero-order valence-corrected chi connectivity index (χ0v) is 15.7. The second kappa shape index (κ2) is 8.77. The van der Waals surface area contributed by atoms with Gasteiger partial charge in [-0.1, -0.05) is 17.7 Å². The van der Waals surface area contributed by atoms with Gasteiger partial charge in [0.2, 0.25) is 0 Å². The topological polar surface area (TPSA) is 88.5 Å². The highest BCUT2D eigenvalue weighted by atomic mass is 79.9. The van der Waals surface area contributed by atoms with Crippen LogP contribution in [0.2, 0.25) is 5.02 Å². The quantitative estimate of drug-likeness (QED) is 0.622. The molecule has 0 spiro atoms. The van der Waals surface area contributed by atoms with Crippen LogP contribution in [0.3, 0.4) is 0 Å². The van der Waals surface area contributed by atoms with E-state index in [1.54, 1.807) is 18.2 Å². The molecule has 130 valence electrons. The van der Waals surface area contributed by atoms with Crippen molar-refractivity contribution >= 4 is 43.4 Å². The normalized spacial score (nSPS) is 11.5. The van der Waals surface area contributed by atoms with Crippen LogP contribution in [-0.4, -0.2) is 31.7 Å². The number of hydrogen-bond donors (Lipinski definition) is 2. The Balaban J connectivity index is 2.30. The van der Waals surface area contributed by atoms with Crippen molar-refractivity contribution in [1.29, 1.82) is 0 Å². The molecule has 0 atom stereocenters. The zero-order valence-electron chi connectivity index (χ0n) is 12.6. The Morgan fingerprint density at radius 2 is 2.12 bits per heavy atom. The summed E-state index contributed by atoms with van der Waals surface area (Å²) < 4.78 is 33.6. The van der Waals surface area contributed by atoms with E-state index < -0.39 is 10.0 Å². The van der Waals surface area contributed by atoms with Gasteiger partial charge in [0.15, 0.2) is 0 Å². The number of rotatable bonds is 8. The lowest BCUT2D eigenvalue weighted by Crippen LogP contribution is -2.16. The van der Waals surface area contributed by atoms with Crippen molar-refractivity contribution in [2.75, 3.05) is 17.9 Å². The largest absolute Gasteiger partial charge is 0.396 e. The Kier molecular flexibility index (Phi) is 7.00. The average Bonchev–Trinajstić information content (AvgIpc) is 2.55. The number of aromatic nitrogens is 1. The number of aliphatic hydroxyl groups is 1. The Hall–Kier alpha value is -1.19. The summed E-state index contributed by atoms with van der Waals surface area (Å²) in [6, 6.07) is 7.90. The highest BCUT2D eigenvalue weighted by Crippen LogP contribution is 2.30. The van der Waals surface area contributed by atoms with E-state index in [0.29, 0.717) is 28.1 Å². The van der Waals surface area contributed by atoms with E-state index in [-0.39, 0.29) is 23.9 Å². The predicted octanol–water partition coefficient (Wildman–Crippen LogP) is 3.20. The number of nitrogens with zero attached hydrogens (tertiary/aromatic N) is 1. The lowest BCUT2D eigenvalue weighted by Gasteiger charge is -2.13. The first kappa shape index (κ1) is 19.1. The van der Waals surface area contributed by atoms with Gasteiger partial charge >= 0.3 is 0 Å². The minimum atomic E-state index is -3.86. The lowest BCUT2D eigenvalue weighted by molar-refractivity contribution is 0.103. The molecule has 0 aliphatic rings. The number of sulfonamides is 1. The number of benzene rings is 1. The van der Waals surface area contributed by atoms with Gasteiger partial charge in [-0.05, 0) is 52.2 Å². The van der Waals surface area contributed by atoms with Gasteiger partial charge < -0.3 is 9.84 Å². The first-order valence-electron chi connectivity index (χ1n) is 7.04. The highest BCUT2D eigenvalue weighted by Gasteiger charge is 2.21. The van der Waals surface area contributed by atoms with Crippen molar-refractivity contribution in [2.45, 2.75) is 17.9 Å². The molecule has 0 amide bonds. The molecule has 0 saturated heterocycles. The molecule has 1 aromatic carbocycles. The molecule has 0 bridgehead atoms. The summed E-state index contributed by atoms with van der Waals surface area (Å²) in [6.07, 6.45) is 1.97. The average molecular weight is 436 g/mol. The first-order valence-corrected chi connectivity index (χ1v) is 9.70. The van der Waals surface area contributed by atoms with Crippen LogP contribution < -0.4 is 4.72 Å². The fraction of sp³-hybridized carbons (Fsp3) is 0.267. The summed E-state index contributed by atoms with van der Waals surface area (Å²) >= 11 is 9.30. The molecule has 2 N–H and O–H groups in total. The van der Waals surface area contributed by atoms with Crippen molar-refractivity contribution in [3.8, 4) is 0 Å². The second-order valence-corrected chi connectivity index (χ2v) is 7.74. The number of pyridine rings is 1. The number of aliphatic hydroxyl groups excluding tert-OH is 1. The van der Waals surface area contributed by atoms with Crippen LogP contribution in [0.4, 0.5) is 5.82 Å². The summed E-state index contributed by atoms with van der Waals surface area (Å²) in [5.41, 5.74) is 0.421. The third kappa shape index (κ3) is 5.15. The highest BCUT2D eigenvalue weighted by molar-refractivity contribution is 9.10. The molecule has 0 radical (unpaired) electrons. The predicted molar refractivity (Wildman–Crippen MR) is 95.6 cm³/mol. The van der Waals surface area contributed by atoms with E-state index in [2.05, 4.69) is 25.6 Å². The van der Waals surface area contributed by atoms with Crippen LogP contribution in [0.1, 0.15) is 12.0 Å². The third-order valence-electron chi connectivity index (χ3n) is 3.00. The van der Waals surface area contributed by atoms with E-state index in [4.69, 9.17) is 21.4 Å². The maximum absolute atomic E-state index is 12.7. The number of anilines is 1. The summed E-state index contributed by atoms with van der Waals surface area (Å²) in [5, 5.41) is 9.15. The molecular formula is C15H16BrClN2O4S. The maximum Gasteiger partial charge on any atom is 0.263 e. The molecular weight excluding hydrogens is 420 g/mol. The number of nitrogens with one attached hydrogen (secondary N) is 1. The SMILES string of the molecule is O=S(=O)(Nc1ccccn1)c1cc(Br)c(Cl)cc1COCCCO. The summed E-state index contributed by atoms with van der Waals surface area (Å²) in [6.45, 7) is 0.385. The molecule has 0 fully saturated rings. The van der Waals surface area contributed by atoms with Crippen LogP contribution in [0, 0.1) is 0 Å². The molecule has 1 aromatic heterocycles. The first-order chi connectivity index (χ1) is 11.4. The van der Waals surface area contributed by atoms with Gasteiger partial charge in [-0.25, -0.2) is 13.4 Å². The minimum absolute atomic E-state index is 0.00742. The molecule has 0 aliphatic heterocycles. The van der Waals surface area contributed by atoms with Crippen molar-refractivity contribution in [1.82, 2.24) is 4.98 Å². The zero-order chi connectivity index (χ0) is 17.6. The molecule has 24 heavy (non-hydrogen) atoms. The number of halogens is 2. The molecule has 1 heterocycles. The van der Waals surface area contributed by atoms with Crippen LogP contribution in [0.5, 0.6) is 0 Å². The second-order valence-electron chi connectivity index (χ2n) is 4.82. The molecule has 0 aliphatic carbocycles. The molecule has 0 saturated carbocycles. The fourth-order valence-corrected chi connectivity index (χ4v) is 3.82. The maximum atomic E-state index is 12.7. The van der Waals surface area contributed by atoms with E-state index in [1.807, 2.05) is 0 Å². The Labute approximate surface area is 154 Å². The smallest absolute Gasteiger partial charge is 0.263 e. The minimum Gasteiger partial charge on any atom is -0.396 e. The van der Waals surface area contributed by atoms with E-state index in [9.17, 15) is 8.42 Å². The molecule has 9 heteroatoms. The van der Waals surface area contributed by atoms with Crippen molar-refractivity contribution < 1.29 is 18.3 Å². The van der Waals surface area contributed by atoms with Crippen LogP contribution in [0.15, 0.2) is 45.9 Å². The van der Waals surface area contributed by atoms with E-state index >= 15 is 0 Å². The van der Waals surface area contributed by atoms with Gasteiger partial charge in [0.05, 0.1) is 16.5 Å². The molecule has 2 aromatic rings. The van der Waals surface area contributed by atoms with Gasteiger partial charge in [0.25, 0.3) is 10.0 Å². The molecule has 2 rings (SSSR count). The monoisotopic (exact) mass is 434 g/mol. The van der Waals surface area contributed by atoms with Crippen molar-refractivity contribution in [2.24, 2.45) is 0 Å². The van der Waals surface area contributed by atoms with Crippen LogP contribution in [0.25, 0.3) is 0 Å². The third-order valence-corrected chi connectivity index (χ3v) is 5.64. The summed E-state index contributed by atoms with van der Waals surface area (Å²) in [5.74, 6) is 0.218. The molecule has 6 nitrogen and oxygen atoms in total. The Bertz CT molecular complexity index is 788. The van der Waals surface area contributed by atoms with Crippen molar-refractivity contribution in [3.63, 3.8) is 0 Å². The van der Waals surface area contributed by atoms with E-state index in [0.717, 1.165) is 0 Å². The fourth-order valence-electron chi connectivity index (χ4n) is 1.90. The summed E-state index contributed by atoms with van der Waals surface area (Å²) in [7, 11) is -3.86. The lowest BCUT2D eigenvalue weighted by atomic mass is 10.2. The van der Waals surface area contributed by atoms with E-state index in [1.165, 1.54) is 18.3 Å². The van der Waals surface area contributed by atoms with Gasteiger partial charge in [-0.2, -0.15) is 0 Å². The standard InChI is InChI=1S/C15H16BrClN2O4S/c16-12-9-14(11(8-13(12)17)10-23-7-3-6-20)24(21,22)19-15-4-1-2-5-18-15/h1-2,4-5,8-9,20H,3,6-7,10H2,(H,18,19). The van der Waals surface area contributed by atoms with Gasteiger partial charge in [0, 0.05) is 23.9 Å². The van der Waals surface area contributed by atoms with Gasteiger partial charge in [0.1, 0.15) is 5.82 Å². The summed E-state index contributed by atoms with van der Waals surface area (Å²) in [4.78, 5) is 4.01.